The molecule has 0 bridgehead atoms. The number of ether oxygens (including phenoxy) is 2. The van der Waals surface area contributed by atoms with E-state index in [0.29, 0.717) is 24.0 Å². The van der Waals surface area contributed by atoms with Gasteiger partial charge in [0.05, 0.1) is 24.5 Å². The highest BCUT2D eigenvalue weighted by molar-refractivity contribution is 6.08. The first-order chi connectivity index (χ1) is 12.9. The number of allylic oxidation sites excluding steroid dienone is 2. The van der Waals surface area contributed by atoms with E-state index in [4.69, 9.17) is 4.74 Å². The Hall–Kier alpha value is -2.96. The van der Waals surface area contributed by atoms with E-state index < -0.39 is 18.0 Å². The number of carbonyl (C=O) groups is 4. The zero-order valence-electron chi connectivity index (χ0n) is 15.2. The number of likely N-dealkylation sites (tertiary alicyclic amines) is 1. The van der Waals surface area contributed by atoms with Crippen LogP contribution in [0.4, 0.5) is 0 Å². The average molecular weight is 371 g/mol. The fourth-order valence-corrected chi connectivity index (χ4v) is 3.49. The number of benzene rings is 1. The number of rotatable bonds is 5. The molecule has 1 saturated heterocycles. The van der Waals surface area contributed by atoms with Crippen LogP contribution in [0.3, 0.4) is 0 Å². The van der Waals surface area contributed by atoms with Gasteiger partial charge in [-0.05, 0) is 37.5 Å². The van der Waals surface area contributed by atoms with Gasteiger partial charge in [0, 0.05) is 0 Å². The number of methoxy groups -OCH3 is 1. The standard InChI is InChI=1S/C20H21NO6/c1-12(21-17(22)15-8-3-4-9-16(15)18(21)23)19(24)27-11-13-6-5-7-14(10-13)20(25)26-2/h3-7,10,12,15-16H,8-9,11H2,1-2H3/t12-,15+,16+/m1/s1. The average Bonchev–Trinajstić information content (AvgIpc) is 2.96. The van der Waals surface area contributed by atoms with Crippen LogP contribution in [0.5, 0.6) is 0 Å². The quantitative estimate of drug-likeness (QED) is 0.446. The molecule has 0 aromatic heterocycles. The molecule has 1 aromatic carbocycles. The summed E-state index contributed by atoms with van der Waals surface area (Å²) in [5.41, 5.74) is 0.955. The van der Waals surface area contributed by atoms with Crippen molar-refractivity contribution in [1.29, 1.82) is 0 Å². The van der Waals surface area contributed by atoms with Gasteiger partial charge in [-0.2, -0.15) is 0 Å². The predicted octanol–water partition coefficient (Wildman–Crippen LogP) is 1.86. The summed E-state index contributed by atoms with van der Waals surface area (Å²) >= 11 is 0. The second-order valence-corrected chi connectivity index (χ2v) is 6.68. The second-order valence-electron chi connectivity index (χ2n) is 6.68. The van der Waals surface area contributed by atoms with Crippen molar-refractivity contribution in [3.05, 3.63) is 47.5 Å². The van der Waals surface area contributed by atoms with Gasteiger partial charge in [0.1, 0.15) is 12.6 Å². The number of fused-ring (bicyclic) bond motifs is 1. The van der Waals surface area contributed by atoms with Crippen LogP contribution in [0.25, 0.3) is 0 Å². The number of carbonyl (C=O) groups excluding carboxylic acids is 4. The number of esters is 2. The third-order valence-corrected chi connectivity index (χ3v) is 5.00. The first-order valence-corrected chi connectivity index (χ1v) is 8.80. The number of nitrogens with zero attached hydrogens (tertiary/aromatic N) is 1. The largest absolute Gasteiger partial charge is 0.465 e. The fraction of sp³-hybridized carbons (Fsp3) is 0.400. The summed E-state index contributed by atoms with van der Waals surface area (Å²) in [4.78, 5) is 50.1. The molecule has 1 heterocycles. The van der Waals surface area contributed by atoms with Crippen molar-refractivity contribution in [2.24, 2.45) is 11.8 Å². The molecule has 3 atom stereocenters. The SMILES string of the molecule is COC(=O)c1cccc(COC(=O)[C@@H](C)N2C(=O)[C@H]3CC=CC[C@@H]3C2=O)c1. The summed E-state index contributed by atoms with van der Waals surface area (Å²) in [6.07, 6.45) is 4.84. The third-order valence-electron chi connectivity index (χ3n) is 5.00. The van der Waals surface area contributed by atoms with E-state index in [1.165, 1.54) is 14.0 Å². The summed E-state index contributed by atoms with van der Waals surface area (Å²) in [5.74, 6) is -2.53. The zero-order valence-corrected chi connectivity index (χ0v) is 15.2. The van der Waals surface area contributed by atoms with E-state index in [9.17, 15) is 19.2 Å². The lowest BCUT2D eigenvalue weighted by Gasteiger charge is -2.21. The Morgan fingerprint density at radius 3 is 2.37 bits per heavy atom. The lowest BCUT2D eigenvalue weighted by atomic mass is 9.85. The molecule has 2 aliphatic rings. The lowest BCUT2D eigenvalue weighted by molar-refractivity contribution is -0.159. The Kier molecular flexibility index (Phi) is 5.39. The third kappa shape index (κ3) is 3.63. The van der Waals surface area contributed by atoms with Crippen LogP contribution in [-0.4, -0.2) is 41.8 Å². The summed E-state index contributed by atoms with van der Waals surface area (Å²) < 4.78 is 9.93. The molecule has 0 unspecified atom stereocenters. The Balaban J connectivity index is 1.64. The monoisotopic (exact) mass is 371 g/mol. The number of hydrogen-bond acceptors (Lipinski definition) is 6. The number of hydrogen-bond donors (Lipinski definition) is 0. The van der Waals surface area contributed by atoms with Gasteiger partial charge >= 0.3 is 11.9 Å². The molecule has 0 saturated carbocycles. The van der Waals surface area contributed by atoms with E-state index in [-0.39, 0.29) is 30.3 Å². The molecule has 1 fully saturated rings. The molecule has 1 aliphatic carbocycles. The van der Waals surface area contributed by atoms with Crippen LogP contribution in [-0.2, 0) is 30.5 Å². The van der Waals surface area contributed by atoms with Gasteiger partial charge in [-0.25, -0.2) is 9.59 Å². The van der Waals surface area contributed by atoms with Gasteiger partial charge in [-0.3, -0.25) is 14.5 Å². The van der Waals surface area contributed by atoms with E-state index >= 15 is 0 Å². The maximum atomic E-state index is 12.5. The van der Waals surface area contributed by atoms with Crippen LogP contribution >= 0.6 is 0 Å². The normalized spacial score (nSPS) is 22.4. The first kappa shape index (κ1) is 18.8. The summed E-state index contributed by atoms with van der Waals surface area (Å²) in [7, 11) is 1.29. The topological polar surface area (TPSA) is 90.0 Å². The van der Waals surface area contributed by atoms with E-state index in [1.54, 1.807) is 24.3 Å². The van der Waals surface area contributed by atoms with Crippen molar-refractivity contribution in [2.75, 3.05) is 7.11 Å². The van der Waals surface area contributed by atoms with Crippen molar-refractivity contribution in [3.8, 4) is 0 Å². The van der Waals surface area contributed by atoms with Crippen molar-refractivity contribution in [3.63, 3.8) is 0 Å². The molecule has 2 amide bonds. The van der Waals surface area contributed by atoms with Gasteiger partial charge in [0.15, 0.2) is 0 Å². The molecule has 0 radical (unpaired) electrons. The minimum Gasteiger partial charge on any atom is -0.465 e. The van der Waals surface area contributed by atoms with Gasteiger partial charge < -0.3 is 9.47 Å². The van der Waals surface area contributed by atoms with Crippen LogP contribution in [0.1, 0.15) is 35.7 Å². The number of imide groups is 1. The van der Waals surface area contributed by atoms with Gasteiger partial charge in [-0.1, -0.05) is 24.3 Å². The van der Waals surface area contributed by atoms with Crippen LogP contribution in [0.15, 0.2) is 36.4 Å². The molecule has 1 aliphatic heterocycles. The minimum atomic E-state index is -0.987. The first-order valence-electron chi connectivity index (χ1n) is 8.80. The van der Waals surface area contributed by atoms with E-state index in [0.717, 1.165) is 4.90 Å². The van der Waals surface area contributed by atoms with Crippen LogP contribution in [0.2, 0.25) is 0 Å². The minimum absolute atomic E-state index is 0.0708. The molecule has 142 valence electrons. The van der Waals surface area contributed by atoms with Crippen molar-refractivity contribution < 1.29 is 28.7 Å². The number of amides is 2. The molecule has 0 N–H and O–H groups in total. The predicted molar refractivity (Wildman–Crippen MR) is 94.2 cm³/mol. The van der Waals surface area contributed by atoms with Crippen molar-refractivity contribution >= 4 is 23.8 Å². The lowest BCUT2D eigenvalue weighted by Crippen LogP contribution is -2.44. The molecule has 1 aromatic rings. The Bertz CT molecular complexity index is 788. The van der Waals surface area contributed by atoms with Crippen molar-refractivity contribution in [1.82, 2.24) is 4.90 Å². The Labute approximate surface area is 156 Å². The van der Waals surface area contributed by atoms with Gasteiger partial charge in [-0.15, -0.1) is 0 Å². The summed E-state index contributed by atoms with van der Waals surface area (Å²) in [5, 5.41) is 0. The summed E-state index contributed by atoms with van der Waals surface area (Å²) in [6.45, 7) is 1.42. The van der Waals surface area contributed by atoms with Crippen molar-refractivity contribution in [2.45, 2.75) is 32.4 Å². The molecule has 7 heteroatoms. The second kappa shape index (κ2) is 7.73. The zero-order chi connectivity index (χ0) is 19.6. The highest BCUT2D eigenvalue weighted by Crippen LogP contribution is 2.36. The fourth-order valence-electron chi connectivity index (χ4n) is 3.49. The molecule has 3 rings (SSSR count). The smallest absolute Gasteiger partial charge is 0.337 e. The molecule has 27 heavy (non-hydrogen) atoms. The Morgan fingerprint density at radius 2 is 1.78 bits per heavy atom. The molecular formula is C20H21NO6. The highest BCUT2D eigenvalue weighted by Gasteiger charge is 2.50. The molecular weight excluding hydrogens is 350 g/mol. The van der Waals surface area contributed by atoms with Gasteiger partial charge in [0.2, 0.25) is 11.8 Å². The van der Waals surface area contributed by atoms with E-state index in [2.05, 4.69) is 4.74 Å². The van der Waals surface area contributed by atoms with Crippen LogP contribution in [0, 0.1) is 11.8 Å². The molecule has 7 nitrogen and oxygen atoms in total. The maximum Gasteiger partial charge on any atom is 0.337 e. The highest BCUT2D eigenvalue weighted by atomic mass is 16.5. The molecule has 0 spiro atoms. The van der Waals surface area contributed by atoms with Gasteiger partial charge in [0.25, 0.3) is 0 Å². The van der Waals surface area contributed by atoms with E-state index in [1.807, 2.05) is 12.2 Å². The van der Waals surface area contributed by atoms with Crippen LogP contribution < -0.4 is 0 Å². The maximum absolute atomic E-state index is 12.5. The summed E-state index contributed by atoms with van der Waals surface area (Å²) in [6, 6.07) is 5.54. The Morgan fingerprint density at radius 1 is 1.15 bits per heavy atom.